The third kappa shape index (κ3) is 4.26. The third-order valence-electron chi connectivity index (χ3n) is 2.81. The molecule has 0 saturated heterocycles. The molecule has 0 bridgehead atoms. The van der Waals surface area contributed by atoms with Gasteiger partial charge in [0.25, 0.3) is 0 Å². The topological polar surface area (TPSA) is 73.6 Å². The van der Waals surface area contributed by atoms with E-state index in [1.54, 1.807) is 0 Å². The Balaban J connectivity index is 4.61. The molecule has 5 nitrogen and oxygen atoms in total. The molecule has 0 aromatic rings. The van der Waals surface area contributed by atoms with Crippen LogP contribution in [0.5, 0.6) is 0 Å². The van der Waals surface area contributed by atoms with Gasteiger partial charge in [-0.2, -0.15) is 0 Å². The van der Waals surface area contributed by atoms with E-state index >= 15 is 0 Å². The number of hydrogen-bond acceptors (Lipinski definition) is 5. The molecule has 0 amide bonds. The van der Waals surface area contributed by atoms with E-state index in [4.69, 9.17) is 15.2 Å². The zero-order valence-corrected chi connectivity index (χ0v) is 11.2. The van der Waals surface area contributed by atoms with Gasteiger partial charge in [-0.15, -0.1) is 0 Å². The van der Waals surface area contributed by atoms with Crippen LogP contribution in [0.25, 0.3) is 0 Å². The van der Waals surface area contributed by atoms with Crippen LogP contribution >= 0.6 is 0 Å². The van der Waals surface area contributed by atoms with E-state index in [9.17, 15) is 4.79 Å². The fourth-order valence-corrected chi connectivity index (χ4v) is 1.59. The molecule has 0 aromatic carbocycles. The first kappa shape index (κ1) is 15.8. The molecule has 5 heteroatoms. The summed E-state index contributed by atoms with van der Waals surface area (Å²) in [6.07, 6.45) is 2.59. The minimum Gasteiger partial charge on any atom is -0.467 e. The average molecular weight is 244 g/mol. The lowest BCUT2D eigenvalue weighted by atomic mass is 9.97. The maximum atomic E-state index is 11.7. The minimum absolute atomic E-state index is 0.279. The SMILES string of the molecule is CCN/C(=C\N)COC(CC)(CC)C(=O)OC. The van der Waals surface area contributed by atoms with E-state index in [1.807, 2.05) is 20.8 Å². The number of carbonyl (C=O) groups excluding carboxylic acids is 1. The summed E-state index contributed by atoms with van der Waals surface area (Å²) in [4.78, 5) is 11.7. The van der Waals surface area contributed by atoms with Crippen molar-refractivity contribution in [3.63, 3.8) is 0 Å². The number of esters is 1. The Hall–Kier alpha value is -1.23. The summed E-state index contributed by atoms with van der Waals surface area (Å²) in [5.41, 5.74) is 5.35. The lowest BCUT2D eigenvalue weighted by Gasteiger charge is -2.29. The first-order chi connectivity index (χ1) is 8.10. The third-order valence-corrected chi connectivity index (χ3v) is 2.81. The number of nitrogens with two attached hydrogens (primary N) is 1. The van der Waals surface area contributed by atoms with E-state index in [0.29, 0.717) is 12.8 Å². The van der Waals surface area contributed by atoms with Crippen LogP contribution in [-0.2, 0) is 14.3 Å². The van der Waals surface area contributed by atoms with Gasteiger partial charge in [-0.1, -0.05) is 13.8 Å². The van der Waals surface area contributed by atoms with Gasteiger partial charge in [0, 0.05) is 12.7 Å². The summed E-state index contributed by atoms with van der Waals surface area (Å²) in [5.74, 6) is -0.338. The van der Waals surface area contributed by atoms with Crippen LogP contribution in [0.3, 0.4) is 0 Å². The van der Waals surface area contributed by atoms with Crippen molar-refractivity contribution in [3.8, 4) is 0 Å². The zero-order valence-electron chi connectivity index (χ0n) is 11.2. The Labute approximate surface area is 103 Å². The molecule has 100 valence electrons. The molecular weight excluding hydrogens is 220 g/mol. The number of nitrogens with one attached hydrogen (secondary N) is 1. The second-order valence-electron chi connectivity index (χ2n) is 3.70. The highest BCUT2D eigenvalue weighted by Gasteiger charge is 2.37. The number of methoxy groups -OCH3 is 1. The maximum Gasteiger partial charge on any atom is 0.338 e. The molecule has 0 aromatic heterocycles. The highest BCUT2D eigenvalue weighted by molar-refractivity contribution is 5.79. The normalized spacial score (nSPS) is 12.4. The second-order valence-corrected chi connectivity index (χ2v) is 3.70. The van der Waals surface area contributed by atoms with Gasteiger partial charge in [0.05, 0.1) is 19.4 Å². The molecule has 0 unspecified atom stereocenters. The summed E-state index contributed by atoms with van der Waals surface area (Å²) in [6, 6.07) is 0. The van der Waals surface area contributed by atoms with Crippen molar-refractivity contribution < 1.29 is 14.3 Å². The van der Waals surface area contributed by atoms with Gasteiger partial charge in [-0.05, 0) is 19.8 Å². The average Bonchev–Trinajstić information content (AvgIpc) is 2.38. The molecule has 3 N–H and O–H groups in total. The van der Waals surface area contributed by atoms with Crippen LogP contribution in [0.1, 0.15) is 33.6 Å². The standard InChI is InChI=1S/C12H24N2O3/c1-5-12(6-2,11(15)16-4)17-9-10(8-13)14-7-3/h8,14H,5-7,9,13H2,1-4H3/b10-8-. The Morgan fingerprint density at radius 2 is 1.94 bits per heavy atom. The first-order valence-electron chi connectivity index (χ1n) is 5.97. The van der Waals surface area contributed by atoms with Crippen LogP contribution < -0.4 is 11.1 Å². The zero-order chi connectivity index (χ0) is 13.3. The van der Waals surface area contributed by atoms with Crippen LogP contribution in [0.15, 0.2) is 11.9 Å². The minimum atomic E-state index is -0.877. The molecular formula is C12H24N2O3. The fraction of sp³-hybridized carbons (Fsp3) is 0.750. The van der Waals surface area contributed by atoms with Crippen LogP contribution in [-0.4, -0.2) is 31.8 Å². The lowest BCUT2D eigenvalue weighted by Crippen LogP contribution is -2.42. The molecule has 17 heavy (non-hydrogen) atoms. The van der Waals surface area contributed by atoms with Gasteiger partial charge in [0.15, 0.2) is 5.60 Å². The fourth-order valence-electron chi connectivity index (χ4n) is 1.59. The van der Waals surface area contributed by atoms with Crippen LogP contribution in [0.2, 0.25) is 0 Å². The number of carbonyl (C=O) groups is 1. The van der Waals surface area contributed by atoms with E-state index in [-0.39, 0.29) is 12.6 Å². The highest BCUT2D eigenvalue weighted by Crippen LogP contribution is 2.22. The Kier molecular flexibility index (Phi) is 7.37. The highest BCUT2D eigenvalue weighted by atomic mass is 16.6. The van der Waals surface area contributed by atoms with Gasteiger partial charge in [0.2, 0.25) is 0 Å². The Morgan fingerprint density at radius 3 is 2.29 bits per heavy atom. The van der Waals surface area contributed by atoms with Crippen molar-refractivity contribution in [2.75, 3.05) is 20.3 Å². The summed E-state index contributed by atoms with van der Waals surface area (Å²) >= 11 is 0. The molecule has 0 aliphatic carbocycles. The van der Waals surface area contributed by atoms with Crippen molar-refractivity contribution >= 4 is 5.97 Å². The summed E-state index contributed by atoms with van der Waals surface area (Å²) < 4.78 is 10.5. The monoisotopic (exact) mass is 244 g/mol. The lowest BCUT2D eigenvalue weighted by molar-refractivity contribution is -0.169. The van der Waals surface area contributed by atoms with Crippen molar-refractivity contribution in [2.45, 2.75) is 39.2 Å². The van der Waals surface area contributed by atoms with Gasteiger partial charge < -0.3 is 20.5 Å². The Bertz CT molecular complexity index is 260. The summed E-state index contributed by atoms with van der Waals surface area (Å²) in [6.45, 7) is 6.81. The van der Waals surface area contributed by atoms with E-state index in [0.717, 1.165) is 12.2 Å². The van der Waals surface area contributed by atoms with Crippen LogP contribution in [0.4, 0.5) is 0 Å². The Morgan fingerprint density at radius 1 is 1.35 bits per heavy atom. The molecule has 0 spiro atoms. The molecule has 0 aliphatic heterocycles. The smallest absolute Gasteiger partial charge is 0.338 e. The van der Waals surface area contributed by atoms with Crippen LogP contribution in [0, 0.1) is 0 Å². The number of ether oxygens (including phenoxy) is 2. The van der Waals surface area contributed by atoms with Gasteiger partial charge in [-0.25, -0.2) is 4.79 Å². The van der Waals surface area contributed by atoms with Gasteiger partial charge in [0.1, 0.15) is 0 Å². The van der Waals surface area contributed by atoms with Gasteiger partial charge in [-0.3, -0.25) is 0 Å². The largest absolute Gasteiger partial charge is 0.467 e. The maximum absolute atomic E-state index is 11.7. The van der Waals surface area contributed by atoms with Crippen molar-refractivity contribution in [2.24, 2.45) is 5.73 Å². The number of likely N-dealkylation sites (N-methyl/N-ethyl adjacent to an activating group) is 1. The number of rotatable bonds is 8. The predicted octanol–water partition coefficient (Wildman–Crippen LogP) is 1.14. The molecule has 0 rings (SSSR count). The van der Waals surface area contributed by atoms with Gasteiger partial charge >= 0.3 is 5.97 Å². The predicted molar refractivity (Wildman–Crippen MR) is 67.2 cm³/mol. The number of hydrogen-bond donors (Lipinski definition) is 2. The van der Waals surface area contributed by atoms with Crippen molar-refractivity contribution in [3.05, 3.63) is 11.9 Å². The van der Waals surface area contributed by atoms with E-state index in [2.05, 4.69) is 5.32 Å². The summed E-state index contributed by atoms with van der Waals surface area (Å²) in [7, 11) is 1.37. The first-order valence-corrected chi connectivity index (χ1v) is 5.97. The molecule has 0 atom stereocenters. The van der Waals surface area contributed by atoms with E-state index in [1.165, 1.54) is 13.3 Å². The molecule has 0 radical (unpaired) electrons. The van der Waals surface area contributed by atoms with Crippen molar-refractivity contribution in [1.29, 1.82) is 0 Å². The molecule has 0 heterocycles. The molecule has 0 aliphatic rings. The summed E-state index contributed by atoms with van der Waals surface area (Å²) in [5, 5.41) is 3.07. The quantitative estimate of drug-likeness (QED) is 0.626. The van der Waals surface area contributed by atoms with E-state index < -0.39 is 5.60 Å². The molecule has 0 fully saturated rings. The molecule has 0 saturated carbocycles. The van der Waals surface area contributed by atoms with Crippen molar-refractivity contribution in [1.82, 2.24) is 5.32 Å². The second kappa shape index (κ2) is 7.95.